The van der Waals surface area contributed by atoms with Gasteiger partial charge in [0.25, 0.3) is 0 Å². The quantitative estimate of drug-likeness (QED) is 0.685. The highest BCUT2D eigenvalue weighted by molar-refractivity contribution is 6.17. The van der Waals surface area contributed by atoms with Crippen molar-refractivity contribution in [3.8, 4) is 0 Å². The van der Waals surface area contributed by atoms with E-state index in [0.717, 1.165) is 4.90 Å². The molecule has 2 amide bonds. The summed E-state index contributed by atoms with van der Waals surface area (Å²) in [4.78, 5) is 28.2. The molecule has 1 aliphatic rings. The number of piperidine rings is 1. The lowest BCUT2D eigenvalue weighted by Gasteiger charge is -2.24. The van der Waals surface area contributed by atoms with Gasteiger partial charge in [-0.05, 0) is 18.6 Å². The monoisotopic (exact) mass is 205 g/mol. The largest absolute Gasteiger partial charge is 0.396 e. The van der Waals surface area contributed by atoms with Crippen molar-refractivity contribution in [2.75, 3.05) is 10.6 Å². The summed E-state index contributed by atoms with van der Waals surface area (Å²) in [6, 6.07) is 3.29. The van der Waals surface area contributed by atoms with Gasteiger partial charge in [-0.15, -0.1) is 0 Å². The first-order valence-corrected chi connectivity index (χ1v) is 4.76. The van der Waals surface area contributed by atoms with Crippen molar-refractivity contribution in [2.45, 2.75) is 19.3 Å². The van der Waals surface area contributed by atoms with Gasteiger partial charge >= 0.3 is 0 Å². The predicted molar refractivity (Wildman–Crippen MR) is 55.0 cm³/mol. The molecule has 0 saturated carbocycles. The summed E-state index contributed by atoms with van der Waals surface area (Å²) in [6.07, 6.45) is 2.88. The Morgan fingerprint density at radius 3 is 2.53 bits per heavy atom. The molecule has 2 heterocycles. The first-order valence-electron chi connectivity index (χ1n) is 4.76. The SMILES string of the molecule is Nc1cccnc1N1C(=O)CCCC1=O. The molecule has 1 aliphatic heterocycles. The van der Waals surface area contributed by atoms with Crippen LogP contribution in [-0.2, 0) is 9.59 Å². The zero-order valence-corrected chi connectivity index (χ0v) is 8.14. The van der Waals surface area contributed by atoms with E-state index < -0.39 is 0 Å². The van der Waals surface area contributed by atoms with Crippen LogP contribution >= 0.6 is 0 Å². The number of nitrogen functional groups attached to an aromatic ring is 1. The van der Waals surface area contributed by atoms with Gasteiger partial charge in [0.05, 0.1) is 5.69 Å². The fourth-order valence-electron chi connectivity index (χ4n) is 1.59. The second-order valence-electron chi connectivity index (χ2n) is 3.39. The van der Waals surface area contributed by atoms with Crippen LogP contribution in [0.1, 0.15) is 19.3 Å². The highest BCUT2D eigenvalue weighted by atomic mass is 16.2. The molecule has 0 unspecified atom stereocenters. The van der Waals surface area contributed by atoms with Gasteiger partial charge in [0.2, 0.25) is 11.8 Å². The number of pyridine rings is 1. The number of rotatable bonds is 1. The number of nitrogens with two attached hydrogens (primary N) is 1. The summed E-state index contributed by atoms with van der Waals surface area (Å²) in [6.45, 7) is 0. The van der Waals surface area contributed by atoms with Gasteiger partial charge in [0.1, 0.15) is 0 Å². The van der Waals surface area contributed by atoms with Crippen LogP contribution in [0.4, 0.5) is 11.5 Å². The van der Waals surface area contributed by atoms with E-state index in [4.69, 9.17) is 5.73 Å². The molecule has 1 fully saturated rings. The third-order valence-corrected chi connectivity index (χ3v) is 2.31. The maximum absolute atomic E-state index is 11.6. The summed E-state index contributed by atoms with van der Waals surface area (Å²) in [5.74, 6) is -0.194. The minimum atomic E-state index is -0.225. The Bertz CT molecular complexity index is 401. The van der Waals surface area contributed by atoms with Gasteiger partial charge in [-0.1, -0.05) is 0 Å². The van der Waals surface area contributed by atoms with E-state index in [0.29, 0.717) is 24.9 Å². The van der Waals surface area contributed by atoms with E-state index in [2.05, 4.69) is 4.98 Å². The lowest BCUT2D eigenvalue weighted by molar-refractivity contribution is -0.129. The summed E-state index contributed by atoms with van der Waals surface area (Å²) >= 11 is 0. The topological polar surface area (TPSA) is 76.3 Å². The van der Waals surface area contributed by atoms with Gasteiger partial charge in [0.15, 0.2) is 5.82 Å². The van der Waals surface area contributed by atoms with Crippen molar-refractivity contribution in [3.05, 3.63) is 18.3 Å². The van der Waals surface area contributed by atoms with Crippen LogP contribution in [0.15, 0.2) is 18.3 Å². The van der Waals surface area contributed by atoms with Crippen molar-refractivity contribution in [2.24, 2.45) is 0 Å². The second kappa shape index (κ2) is 3.68. The summed E-state index contributed by atoms with van der Waals surface area (Å²) < 4.78 is 0. The van der Waals surface area contributed by atoms with Crippen molar-refractivity contribution in [1.82, 2.24) is 4.98 Å². The second-order valence-corrected chi connectivity index (χ2v) is 3.39. The molecule has 0 aromatic carbocycles. The molecule has 1 saturated heterocycles. The number of nitrogens with zero attached hydrogens (tertiary/aromatic N) is 2. The number of amides is 2. The molecule has 15 heavy (non-hydrogen) atoms. The highest BCUT2D eigenvalue weighted by Gasteiger charge is 2.29. The first-order chi connectivity index (χ1) is 7.20. The van der Waals surface area contributed by atoms with Gasteiger partial charge in [-0.3, -0.25) is 9.59 Å². The number of imide groups is 1. The lowest BCUT2D eigenvalue weighted by Crippen LogP contribution is -2.41. The number of carbonyl (C=O) groups excluding carboxylic acids is 2. The molecule has 5 nitrogen and oxygen atoms in total. The number of aromatic nitrogens is 1. The van der Waals surface area contributed by atoms with Crippen LogP contribution in [0.25, 0.3) is 0 Å². The van der Waals surface area contributed by atoms with E-state index in [1.54, 1.807) is 12.1 Å². The number of hydrogen-bond donors (Lipinski definition) is 1. The van der Waals surface area contributed by atoms with E-state index in [9.17, 15) is 9.59 Å². The van der Waals surface area contributed by atoms with Crippen LogP contribution in [0, 0.1) is 0 Å². The van der Waals surface area contributed by atoms with Gasteiger partial charge < -0.3 is 5.73 Å². The minimum Gasteiger partial charge on any atom is -0.396 e. The van der Waals surface area contributed by atoms with Crippen molar-refractivity contribution >= 4 is 23.3 Å². The molecule has 0 aliphatic carbocycles. The Labute approximate surface area is 86.9 Å². The molecule has 1 aromatic rings. The average molecular weight is 205 g/mol. The third kappa shape index (κ3) is 1.68. The molecule has 0 spiro atoms. The number of carbonyl (C=O) groups is 2. The highest BCUT2D eigenvalue weighted by Crippen LogP contribution is 2.24. The number of anilines is 2. The smallest absolute Gasteiger partial charge is 0.235 e. The number of hydrogen-bond acceptors (Lipinski definition) is 4. The molecule has 0 bridgehead atoms. The standard InChI is InChI=1S/C10H11N3O2/c11-7-3-2-6-12-10(7)13-8(14)4-1-5-9(13)15/h2-3,6H,1,4-5,11H2. The Morgan fingerprint density at radius 1 is 1.27 bits per heavy atom. The Morgan fingerprint density at radius 2 is 1.93 bits per heavy atom. The zero-order chi connectivity index (χ0) is 10.8. The van der Waals surface area contributed by atoms with Crippen molar-refractivity contribution in [1.29, 1.82) is 0 Å². The zero-order valence-electron chi connectivity index (χ0n) is 8.14. The predicted octanol–water partition coefficient (Wildman–Crippen LogP) is 0.707. The van der Waals surface area contributed by atoms with Crippen LogP contribution < -0.4 is 10.6 Å². The van der Waals surface area contributed by atoms with E-state index in [1.807, 2.05) is 0 Å². The molecular weight excluding hydrogens is 194 g/mol. The molecule has 0 atom stereocenters. The lowest BCUT2D eigenvalue weighted by atomic mass is 10.1. The van der Waals surface area contributed by atoms with Crippen LogP contribution in [0.2, 0.25) is 0 Å². The Hall–Kier alpha value is -1.91. The van der Waals surface area contributed by atoms with E-state index in [1.165, 1.54) is 6.20 Å². The maximum Gasteiger partial charge on any atom is 0.235 e. The molecule has 1 aromatic heterocycles. The van der Waals surface area contributed by atoms with E-state index >= 15 is 0 Å². The normalized spacial score (nSPS) is 16.9. The Balaban J connectivity index is 2.40. The van der Waals surface area contributed by atoms with Gasteiger partial charge in [-0.2, -0.15) is 0 Å². The fraction of sp³-hybridized carbons (Fsp3) is 0.300. The van der Waals surface area contributed by atoms with Gasteiger partial charge in [0, 0.05) is 19.0 Å². The summed E-state index contributed by atoms with van der Waals surface area (Å²) in [7, 11) is 0. The molecule has 2 N–H and O–H groups in total. The fourth-order valence-corrected chi connectivity index (χ4v) is 1.59. The Kier molecular flexibility index (Phi) is 2.37. The summed E-state index contributed by atoms with van der Waals surface area (Å²) in [5.41, 5.74) is 6.02. The average Bonchev–Trinajstić information content (AvgIpc) is 2.20. The maximum atomic E-state index is 11.6. The molecular formula is C10H11N3O2. The third-order valence-electron chi connectivity index (χ3n) is 2.31. The molecule has 5 heteroatoms. The first kappa shape index (κ1) is 9.64. The van der Waals surface area contributed by atoms with Crippen molar-refractivity contribution in [3.63, 3.8) is 0 Å². The van der Waals surface area contributed by atoms with Crippen LogP contribution in [0.5, 0.6) is 0 Å². The van der Waals surface area contributed by atoms with Crippen LogP contribution in [-0.4, -0.2) is 16.8 Å². The summed E-state index contributed by atoms with van der Waals surface area (Å²) in [5, 5.41) is 0. The molecule has 0 radical (unpaired) electrons. The minimum absolute atomic E-state index is 0.225. The van der Waals surface area contributed by atoms with E-state index in [-0.39, 0.29) is 17.6 Å². The van der Waals surface area contributed by atoms with Crippen LogP contribution in [0.3, 0.4) is 0 Å². The van der Waals surface area contributed by atoms with Gasteiger partial charge in [-0.25, -0.2) is 9.88 Å². The molecule has 2 rings (SSSR count). The van der Waals surface area contributed by atoms with Crippen molar-refractivity contribution < 1.29 is 9.59 Å². The molecule has 78 valence electrons.